The van der Waals surface area contributed by atoms with E-state index < -0.39 is 0 Å². The van der Waals surface area contributed by atoms with Crippen molar-refractivity contribution < 1.29 is 9.59 Å². The minimum atomic E-state index is -0.0192. The molecule has 1 fully saturated rings. The van der Waals surface area contributed by atoms with Crippen molar-refractivity contribution in [2.45, 2.75) is 45.2 Å². The topological polar surface area (TPSA) is 52.7 Å². The van der Waals surface area contributed by atoms with Crippen LogP contribution in [0.1, 0.15) is 47.7 Å². The summed E-state index contributed by atoms with van der Waals surface area (Å²) in [5.41, 5.74) is 3.98. The van der Waals surface area contributed by atoms with Gasteiger partial charge < -0.3 is 10.2 Å². The number of hydrogen-bond donors (Lipinski definition) is 1. The summed E-state index contributed by atoms with van der Waals surface area (Å²) in [5.74, 6) is 0.116. The van der Waals surface area contributed by atoms with Crippen LogP contribution in [0.4, 0.5) is 5.69 Å². The van der Waals surface area contributed by atoms with Crippen LogP contribution in [0.15, 0.2) is 42.5 Å². The average Bonchev–Trinajstić information content (AvgIpc) is 3.19. The zero-order valence-corrected chi connectivity index (χ0v) is 18.1. The summed E-state index contributed by atoms with van der Waals surface area (Å²) in [6.07, 6.45) is 3.20. The van der Waals surface area contributed by atoms with Gasteiger partial charge in [0.2, 0.25) is 5.91 Å². The van der Waals surface area contributed by atoms with Gasteiger partial charge in [0.25, 0.3) is 5.91 Å². The van der Waals surface area contributed by atoms with Crippen LogP contribution in [0.3, 0.4) is 0 Å². The van der Waals surface area contributed by atoms with Crippen LogP contribution in [-0.2, 0) is 17.8 Å². The number of amides is 2. The minimum absolute atomic E-state index is 0.0192. The second kappa shape index (κ2) is 9.19. The Morgan fingerprint density at radius 2 is 1.80 bits per heavy atom. The van der Waals surface area contributed by atoms with Crippen molar-refractivity contribution in [3.63, 3.8) is 0 Å². The molecule has 2 aromatic carbocycles. The van der Waals surface area contributed by atoms with Crippen LogP contribution in [0.25, 0.3) is 0 Å². The molecule has 0 saturated carbocycles. The molecule has 0 atom stereocenters. The number of anilines is 1. The molecule has 2 aromatic rings. The predicted octanol–water partition coefficient (Wildman–Crippen LogP) is 4.03. The van der Waals surface area contributed by atoms with Gasteiger partial charge in [0.1, 0.15) is 0 Å². The van der Waals surface area contributed by atoms with Crippen LogP contribution in [0.5, 0.6) is 0 Å². The molecule has 0 aliphatic carbocycles. The van der Waals surface area contributed by atoms with E-state index >= 15 is 0 Å². The third-order valence-corrected chi connectivity index (χ3v) is 6.33. The van der Waals surface area contributed by atoms with Gasteiger partial charge in [-0.1, -0.05) is 30.7 Å². The summed E-state index contributed by atoms with van der Waals surface area (Å²) in [6.45, 7) is 5.43. The van der Waals surface area contributed by atoms with Crippen molar-refractivity contribution in [3.05, 3.63) is 64.2 Å². The summed E-state index contributed by atoms with van der Waals surface area (Å²) >= 11 is 5.96. The molecule has 0 unspecified atom stereocenters. The van der Waals surface area contributed by atoms with E-state index in [-0.39, 0.29) is 17.9 Å². The smallest absolute Gasteiger partial charge is 0.251 e. The maximum absolute atomic E-state index is 12.8. The van der Waals surface area contributed by atoms with Crippen molar-refractivity contribution in [2.75, 3.05) is 24.5 Å². The number of rotatable bonds is 5. The molecule has 2 amide bonds. The number of nitrogens with one attached hydrogen (secondary N) is 1. The van der Waals surface area contributed by atoms with Gasteiger partial charge in [-0.3, -0.25) is 14.5 Å². The summed E-state index contributed by atoms with van der Waals surface area (Å²) in [6, 6.07) is 13.9. The Morgan fingerprint density at radius 3 is 2.50 bits per heavy atom. The van der Waals surface area contributed by atoms with Crippen molar-refractivity contribution in [1.29, 1.82) is 0 Å². The molecule has 1 N–H and O–H groups in total. The van der Waals surface area contributed by atoms with Gasteiger partial charge in [-0.05, 0) is 60.7 Å². The number of piperidine rings is 1. The van der Waals surface area contributed by atoms with Crippen molar-refractivity contribution in [3.8, 4) is 0 Å². The standard InChI is InChI=1S/C24H28ClN3O2/c1-2-23(29)28-14-9-18-15-19(5-8-22(18)28)24(30)26-21-10-12-27(13-11-21)16-17-3-6-20(25)7-4-17/h3-8,15,21H,2,9-14,16H2,1H3,(H,26,30). The van der Waals surface area contributed by atoms with E-state index in [9.17, 15) is 9.59 Å². The second-order valence-electron chi connectivity index (χ2n) is 8.14. The summed E-state index contributed by atoms with van der Waals surface area (Å²) < 4.78 is 0. The number of carbonyl (C=O) groups excluding carboxylic acids is 2. The molecular weight excluding hydrogens is 398 g/mol. The van der Waals surface area contributed by atoms with Gasteiger partial charge in [0.15, 0.2) is 0 Å². The Labute approximate surface area is 183 Å². The Morgan fingerprint density at radius 1 is 1.07 bits per heavy atom. The highest BCUT2D eigenvalue weighted by molar-refractivity contribution is 6.30. The molecular formula is C24H28ClN3O2. The third-order valence-electron chi connectivity index (χ3n) is 6.08. The quantitative estimate of drug-likeness (QED) is 0.786. The minimum Gasteiger partial charge on any atom is -0.349 e. The zero-order valence-electron chi connectivity index (χ0n) is 17.4. The fourth-order valence-electron chi connectivity index (χ4n) is 4.35. The molecule has 6 heteroatoms. The molecule has 0 bridgehead atoms. The number of likely N-dealkylation sites (tertiary alicyclic amines) is 1. The van der Waals surface area contributed by atoms with Crippen LogP contribution in [-0.4, -0.2) is 42.4 Å². The number of fused-ring (bicyclic) bond motifs is 1. The molecule has 30 heavy (non-hydrogen) atoms. The average molecular weight is 426 g/mol. The number of benzene rings is 2. The zero-order chi connectivity index (χ0) is 21.1. The normalized spacial score (nSPS) is 17.1. The van der Waals surface area contributed by atoms with Gasteiger partial charge in [-0.25, -0.2) is 0 Å². The molecule has 1 saturated heterocycles. The first kappa shape index (κ1) is 20.9. The van der Waals surface area contributed by atoms with Crippen molar-refractivity contribution in [2.24, 2.45) is 0 Å². The van der Waals surface area contributed by atoms with Crippen molar-refractivity contribution in [1.82, 2.24) is 10.2 Å². The van der Waals surface area contributed by atoms with Gasteiger partial charge >= 0.3 is 0 Å². The first-order chi connectivity index (χ1) is 14.5. The van der Waals surface area contributed by atoms with E-state index in [1.54, 1.807) is 0 Å². The molecule has 2 aliphatic rings. The fourth-order valence-corrected chi connectivity index (χ4v) is 4.47. The fraction of sp³-hybridized carbons (Fsp3) is 0.417. The first-order valence-corrected chi connectivity index (χ1v) is 11.1. The lowest BCUT2D eigenvalue weighted by Crippen LogP contribution is -2.44. The molecule has 158 valence electrons. The Hall–Kier alpha value is -2.37. The van der Waals surface area contributed by atoms with E-state index in [4.69, 9.17) is 11.6 Å². The van der Waals surface area contributed by atoms with Crippen LogP contribution < -0.4 is 10.2 Å². The summed E-state index contributed by atoms with van der Waals surface area (Å²) in [5, 5.41) is 3.96. The van der Waals surface area contributed by atoms with E-state index in [0.29, 0.717) is 18.5 Å². The molecule has 5 nitrogen and oxygen atoms in total. The summed E-state index contributed by atoms with van der Waals surface area (Å²) in [4.78, 5) is 29.1. The summed E-state index contributed by atoms with van der Waals surface area (Å²) in [7, 11) is 0. The number of halogens is 1. The molecule has 0 spiro atoms. The Bertz CT molecular complexity index is 921. The lowest BCUT2D eigenvalue weighted by molar-refractivity contribution is -0.118. The lowest BCUT2D eigenvalue weighted by Gasteiger charge is -2.32. The Balaban J connectivity index is 1.30. The number of carbonyl (C=O) groups is 2. The van der Waals surface area contributed by atoms with Crippen LogP contribution >= 0.6 is 11.6 Å². The maximum atomic E-state index is 12.8. The third kappa shape index (κ3) is 4.68. The Kier molecular flexibility index (Phi) is 6.40. The predicted molar refractivity (Wildman–Crippen MR) is 120 cm³/mol. The molecule has 2 aliphatic heterocycles. The molecule has 4 rings (SSSR count). The second-order valence-corrected chi connectivity index (χ2v) is 8.58. The van der Waals surface area contributed by atoms with Gasteiger partial charge in [0.05, 0.1) is 0 Å². The number of hydrogen-bond acceptors (Lipinski definition) is 3. The van der Waals surface area contributed by atoms with E-state index in [1.165, 1.54) is 5.56 Å². The van der Waals surface area contributed by atoms with Crippen molar-refractivity contribution >= 4 is 29.1 Å². The number of nitrogens with zero attached hydrogens (tertiary/aromatic N) is 2. The van der Waals surface area contributed by atoms with E-state index in [0.717, 1.165) is 55.2 Å². The van der Waals surface area contributed by atoms with Gasteiger partial charge in [0, 0.05) is 54.9 Å². The van der Waals surface area contributed by atoms with E-state index in [2.05, 4.69) is 22.3 Å². The highest BCUT2D eigenvalue weighted by Crippen LogP contribution is 2.29. The molecule has 0 aromatic heterocycles. The monoisotopic (exact) mass is 425 g/mol. The SMILES string of the molecule is CCC(=O)N1CCc2cc(C(=O)NC3CCN(Cc4ccc(Cl)cc4)CC3)ccc21. The lowest BCUT2D eigenvalue weighted by atomic mass is 10.0. The van der Waals surface area contributed by atoms with E-state index in [1.807, 2.05) is 42.2 Å². The van der Waals surface area contributed by atoms with Gasteiger partial charge in [-0.15, -0.1) is 0 Å². The largest absolute Gasteiger partial charge is 0.349 e. The van der Waals surface area contributed by atoms with Crippen LogP contribution in [0.2, 0.25) is 5.02 Å². The maximum Gasteiger partial charge on any atom is 0.251 e. The van der Waals surface area contributed by atoms with Gasteiger partial charge in [-0.2, -0.15) is 0 Å². The highest BCUT2D eigenvalue weighted by atomic mass is 35.5. The first-order valence-electron chi connectivity index (χ1n) is 10.7. The highest BCUT2D eigenvalue weighted by Gasteiger charge is 2.25. The van der Waals surface area contributed by atoms with Crippen LogP contribution in [0, 0.1) is 0 Å². The molecule has 2 heterocycles. The molecule has 0 radical (unpaired) electrons.